The Morgan fingerprint density at radius 2 is 1.81 bits per heavy atom. The lowest BCUT2D eigenvalue weighted by atomic mass is 9.44. The van der Waals surface area contributed by atoms with Gasteiger partial charge < -0.3 is 34.3 Å². The van der Waals surface area contributed by atoms with Crippen LogP contribution in [0.25, 0.3) is 0 Å². The van der Waals surface area contributed by atoms with Crippen molar-refractivity contribution < 1.29 is 43.9 Å². The molecule has 5 aliphatic carbocycles. The largest absolute Gasteiger partial charge is 0.462 e. The van der Waals surface area contributed by atoms with Gasteiger partial charge in [-0.2, -0.15) is 0 Å². The molecule has 3 N–H and O–H groups in total. The van der Waals surface area contributed by atoms with Gasteiger partial charge in [-0.05, 0) is 61.2 Å². The summed E-state index contributed by atoms with van der Waals surface area (Å²) in [7, 11) is 0. The number of aliphatic hydroxyl groups is 3. The molecule has 2 saturated heterocycles. The highest BCUT2D eigenvalue weighted by molar-refractivity contribution is 5.71. The Labute approximate surface area is 248 Å². The normalized spacial score (nSPS) is 55.5. The Morgan fingerprint density at radius 3 is 2.52 bits per heavy atom. The van der Waals surface area contributed by atoms with Crippen LogP contribution in [0.2, 0.25) is 0 Å². The summed E-state index contributed by atoms with van der Waals surface area (Å²) in [6.07, 6.45) is 2.78. The van der Waals surface area contributed by atoms with Crippen molar-refractivity contribution in [3.8, 4) is 0 Å². The summed E-state index contributed by atoms with van der Waals surface area (Å²) in [5.41, 5.74) is 0.624. The molecule has 0 aromatic heterocycles. The van der Waals surface area contributed by atoms with Crippen LogP contribution < -0.4 is 0 Å². The van der Waals surface area contributed by atoms with E-state index in [0.29, 0.717) is 12.3 Å². The topological polar surface area (TPSA) is 132 Å². The van der Waals surface area contributed by atoms with Crippen LogP contribution >= 0.6 is 0 Å². The maximum absolute atomic E-state index is 12.6. The lowest BCUT2D eigenvalue weighted by Gasteiger charge is -2.62. The van der Waals surface area contributed by atoms with Gasteiger partial charge in [-0.1, -0.05) is 46.3 Å². The summed E-state index contributed by atoms with van der Waals surface area (Å²) in [6.45, 7) is 12.7. The molecule has 42 heavy (non-hydrogen) atoms. The molecule has 0 radical (unpaired) electrons. The highest BCUT2D eigenvalue weighted by Crippen LogP contribution is 2.88. The van der Waals surface area contributed by atoms with Crippen molar-refractivity contribution in [1.82, 2.24) is 0 Å². The molecular weight excluding hydrogens is 540 g/mol. The van der Waals surface area contributed by atoms with Crippen molar-refractivity contribution >= 4 is 11.9 Å². The third-order valence-electron chi connectivity index (χ3n) is 13.9. The minimum Gasteiger partial charge on any atom is -0.462 e. The predicted molar refractivity (Wildman–Crippen MR) is 149 cm³/mol. The summed E-state index contributed by atoms with van der Waals surface area (Å²) in [5.74, 6) is 0.225. The number of hydrogen-bond acceptors (Lipinski definition) is 9. The number of allylic oxidation sites excluding steroid dienone is 2. The van der Waals surface area contributed by atoms with Gasteiger partial charge >= 0.3 is 11.9 Å². The van der Waals surface area contributed by atoms with Crippen molar-refractivity contribution in [3.05, 3.63) is 11.6 Å². The fourth-order valence-corrected chi connectivity index (χ4v) is 12.0. The van der Waals surface area contributed by atoms with Crippen molar-refractivity contribution in [3.63, 3.8) is 0 Å². The van der Waals surface area contributed by atoms with E-state index >= 15 is 0 Å². The highest BCUT2D eigenvalue weighted by Gasteiger charge is 2.83. The van der Waals surface area contributed by atoms with E-state index < -0.39 is 24.6 Å². The van der Waals surface area contributed by atoms with E-state index in [-0.39, 0.29) is 75.8 Å². The standard InChI is InChI=1S/C33H48O9/c1-16-11-24(36)41-19-12-30(5)21-8-7-20-29(3,4)22(42-28-27(38)26(37)18(35)14-39-28)9-10-32(20)15-33(21,32)13-23(40-17(2)34)31(30,6)25(16)19/h8,16,18-20,22-23,25-28,35,37-38H,7,9-15H2,1-6H3/t16?,18-,19+,20?,22+,23-,25?,26+,27-,28+,30+,31-,32-,33+/m1/s1. The van der Waals surface area contributed by atoms with Crippen molar-refractivity contribution in [2.24, 2.45) is 44.8 Å². The second kappa shape index (κ2) is 9.03. The van der Waals surface area contributed by atoms with Gasteiger partial charge in [0.1, 0.15) is 30.5 Å². The molecule has 2 aliphatic heterocycles. The zero-order chi connectivity index (χ0) is 30.2. The summed E-state index contributed by atoms with van der Waals surface area (Å²) in [4.78, 5) is 25.1. The monoisotopic (exact) mass is 588 g/mol. The lowest BCUT2D eigenvalue weighted by Crippen LogP contribution is -2.60. The van der Waals surface area contributed by atoms with Crippen molar-refractivity contribution in [1.29, 1.82) is 0 Å². The van der Waals surface area contributed by atoms with Crippen LogP contribution in [0, 0.1) is 44.8 Å². The summed E-state index contributed by atoms with van der Waals surface area (Å²) in [5, 5.41) is 30.7. The molecule has 7 rings (SSSR count). The highest BCUT2D eigenvalue weighted by atomic mass is 16.7. The van der Waals surface area contributed by atoms with Gasteiger partial charge in [-0.3, -0.25) is 9.59 Å². The Morgan fingerprint density at radius 1 is 1.07 bits per heavy atom. The van der Waals surface area contributed by atoms with Crippen LogP contribution in [0.4, 0.5) is 0 Å². The van der Waals surface area contributed by atoms with Gasteiger partial charge in [0.25, 0.3) is 0 Å². The fourth-order valence-electron chi connectivity index (χ4n) is 12.0. The number of aliphatic hydroxyl groups excluding tert-OH is 3. The average molecular weight is 589 g/mol. The molecule has 2 heterocycles. The zero-order valence-electron chi connectivity index (χ0n) is 25.8. The molecule has 0 bridgehead atoms. The third-order valence-corrected chi connectivity index (χ3v) is 13.9. The van der Waals surface area contributed by atoms with E-state index in [2.05, 4.69) is 40.7 Å². The van der Waals surface area contributed by atoms with Crippen LogP contribution in [0.15, 0.2) is 11.6 Å². The third kappa shape index (κ3) is 3.49. The Kier molecular flexibility index (Phi) is 6.28. The number of rotatable bonds is 3. The second-order valence-corrected chi connectivity index (χ2v) is 15.9. The van der Waals surface area contributed by atoms with Gasteiger partial charge in [0.2, 0.25) is 0 Å². The summed E-state index contributed by atoms with van der Waals surface area (Å²) >= 11 is 0. The first-order chi connectivity index (χ1) is 19.6. The first kappa shape index (κ1) is 29.2. The molecular formula is C33H48O9. The van der Waals surface area contributed by atoms with Gasteiger partial charge in [-0.25, -0.2) is 0 Å². The number of ether oxygens (including phenoxy) is 4. The first-order valence-electron chi connectivity index (χ1n) is 16.0. The van der Waals surface area contributed by atoms with Crippen LogP contribution in [-0.2, 0) is 28.5 Å². The molecule has 0 amide bonds. The molecule has 234 valence electrons. The molecule has 3 unspecified atom stereocenters. The zero-order valence-corrected chi connectivity index (χ0v) is 25.8. The van der Waals surface area contributed by atoms with E-state index in [0.717, 1.165) is 38.5 Å². The van der Waals surface area contributed by atoms with E-state index in [1.807, 2.05) is 0 Å². The Bertz CT molecular complexity index is 1210. The average Bonchev–Trinajstić information content (AvgIpc) is 3.48. The van der Waals surface area contributed by atoms with Crippen LogP contribution in [0.1, 0.15) is 86.5 Å². The number of hydrogen-bond donors (Lipinski definition) is 3. The van der Waals surface area contributed by atoms with Gasteiger partial charge in [0.15, 0.2) is 6.29 Å². The minimum atomic E-state index is -1.31. The summed E-state index contributed by atoms with van der Waals surface area (Å²) in [6, 6.07) is 0. The van der Waals surface area contributed by atoms with Crippen molar-refractivity contribution in [2.45, 2.75) is 129 Å². The molecule has 14 atom stereocenters. The molecule has 4 saturated carbocycles. The number of fused-ring (bicyclic) bond motifs is 4. The quantitative estimate of drug-likeness (QED) is 0.336. The van der Waals surface area contributed by atoms with Crippen LogP contribution in [-0.4, -0.2) is 76.8 Å². The summed E-state index contributed by atoms with van der Waals surface area (Å²) < 4.78 is 24.4. The van der Waals surface area contributed by atoms with Gasteiger partial charge in [0, 0.05) is 35.5 Å². The number of carbonyl (C=O) groups excluding carboxylic acids is 2. The first-order valence-corrected chi connectivity index (χ1v) is 16.0. The predicted octanol–water partition coefficient (Wildman–Crippen LogP) is 3.27. The Hall–Kier alpha value is -1.52. The molecule has 9 nitrogen and oxygen atoms in total. The second-order valence-electron chi connectivity index (χ2n) is 15.9. The van der Waals surface area contributed by atoms with E-state index in [9.17, 15) is 24.9 Å². The Balaban J connectivity index is 1.24. The maximum atomic E-state index is 12.6. The maximum Gasteiger partial charge on any atom is 0.306 e. The van der Waals surface area contributed by atoms with Crippen LogP contribution in [0.3, 0.4) is 0 Å². The van der Waals surface area contributed by atoms with Crippen LogP contribution in [0.5, 0.6) is 0 Å². The molecule has 9 heteroatoms. The SMILES string of the molecule is CC(=O)O[C@@H]1C[C@@]23C[C@@]24CC[C@H](O[C@@H]2OC[C@@H](O)[C@H](O)[C@H]2O)C(C)(C)C4CC=C3[C@]2(C)C[C@@H]3OC(=O)CC(C)C3[C@@]12C. The molecule has 7 aliphatic rings. The molecule has 2 spiro atoms. The molecule has 0 aromatic rings. The molecule has 0 aromatic carbocycles. The molecule has 6 fully saturated rings. The minimum absolute atomic E-state index is 0.0565. The van der Waals surface area contributed by atoms with E-state index in [1.165, 1.54) is 12.5 Å². The van der Waals surface area contributed by atoms with E-state index in [1.54, 1.807) is 0 Å². The van der Waals surface area contributed by atoms with Crippen molar-refractivity contribution in [2.75, 3.05) is 6.61 Å². The number of carbonyl (C=O) groups is 2. The number of esters is 2. The van der Waals surface area contributed by atoms with E-state index in [4.69, 9.17) is 18.9 Å². The lowest BCUT2D eigenvalue weighted by molar-refractivity contribution is -0.300. The van der Waals surface area contributed by atoms with Gasteiger partial charge in [0.05, 0.1) is 12.7 Å². The van der Waals surface area contributed by atoms with Gasteiger partial charge in [-0.15, -0.1) is 0 Å². The smallest absolute Gasteiger partial charge is 0.306 e. The fraction of sp³-hybridized carbons (Fsp3) is 0.879.